The Morgan fingerprint density at radius 3 is 2.62 bits per heavy atom. The molecule has 0 bridgehead atoms. The van der Waals surface area contributed by atoms with Gasteiger partial charge in [0.15, 0.2) is 0 Å². The van der Waals surface area contributed by atoms with Crippen molar-refractivity contribution in [2.45, 2.75) is 33.2 Å². The minimum absolute atomic E-state index is 0.0114. The van der Waals surface area contributed by atoms with Gasteiger partial charge in [0.1, 0.15) is 0 Å². The number of aryl methyl sites for hydroxylation is 1. The number of sulfonamides is 1. The van der Waals surface area contributed by atoms with Crippen molar-refractivity contribution >= 4 is 21.6 Å². The number of nitrogens with zero attached hydrogens (tertiary/aromatic N) is 1. The fourth-order valence-corrected chi connectivity index (χ4v) is 2.80. The molecule has 8 heteroatoms. The lowest BCUT2D eigenvalue weighted by Gasteiger charge is -2.09. The van der Waals surface area contributed by atoms with Crippen LogP contribution in [0.1, 0.15) is 26.7 Å². The van der Waals surface area contributed by atoms with E-state index in [-0.39, 0.29) is 17.9 Å². The summed E-state index contributed by atoms with van der Waals surface area (Å²) in [6.07, 6.45) is 2.84. The van der Waals surface area contributed by atoms with Gasteiger partial charge in [0.25, 0.3) is 5.56 Å². The van der Waals surface area contributed by atoms with E-state index < -0.39 is 15.9 Å². The number of rotatable bonds is 8. The molecule has 1 aromatic heterocycles. The molecule has 0 fully saturated rings. The summed E-state index contributed by atoms with van der Waals surface area (Å²) in [4.78, 5) is 23.1. The number of anilines is 1. The number of hydrogen-bond acceptors (Lipinski definition) is 4. The predicted molar refractivity (Wildman–Crippen MR) is 81.7 cm³/mol. The quantitative estimate of drug-likeness (QED) is 0.731. The van der Waals surface area contributed by atoms with Gasteiger partial charge in [0, 0.05) is 18.8 Å². The molecular formula is C13H21N3O4S. The largest absolute Gasteiger partial charge is 0.324 e. The summed E-state index contributed by atoms with van der Waals surface area (Å²) < 4.78 is 26.8. The van der Waals surface area contributed by atoms with Crippen LogP contribution in [0.5, 0.6) is 0 Å². The second kappa shape index (κ2) is 7.94. The first kappa shape index (κ1) is 17.4. The molecule has 0 aliphatic rings. The first-order valence-electron chi connectivity index (χ1n) is 6.85. The number of carbonyl (C=O) groups is 1. The second-order valence-corrected chi connectivity index (χ2v) is 6.51. The lowest BCUT2D eigenvalue weighted by atomic mass is 10.4. The van der Waals surface area contributed by atoms with Crippen molar-refractivity contribution in [3.63, 3.8) is 0 Å². The number of aromatic nitrogens is 1. The maximum absolute atomic E-state index is 11.7. The Morgan fingerprint density at radius 1 is 1.29 bits per heavy atom. The molecule has 21 heavy (non-hydrogen) atoms. The number of unbranched alkanes of at least 4 members (excludes halogenated alkanes) is 1. The van der Waals surface area contributed by atoms with E-state index >= 15 is 0 Å². The van der Waals surface area contributed by atoms with Crippen LogP contribution < -0.4 is 15.6 Å². The molecule has 2 N–H and O–H groups in total. The molecule has 0 aromatic carbocycles. The van der Waals surface area contributed by atoms with Crippen molar-refractivity contribution in [2.24, 2.45) is 0 Å². The minimum Gasteiger partial charge on any atom is -0.324 e. The zero-order valence-corrected chi connectivity index (χ0v) is 13.1. The molecule has 1 rings (SSSR count). The molecule has 0 saturated heterocycles. The summed E-state index contributed by atoms with van der Waals surface area (Å²) in [6.45, 7) is 3.88. The SMILES string of the molecule is CCCCS(=O)(=O)NCC(=O)Nc1ccc(=O)n(CC)c1. The maximum Gasteiger partial charge on any atom is 0.250 e. The number of carbonyl (C=O) groups excluding carboxylic acids is 1. The van der Waals surface area contributed by atoms with E-state index in [1.54, 1.807) is 0 Å². The van der Waals surface area contributed by atoms with Crippen LogP contribution in [0.25, 0.3) is 0 Å². The first-order valence-corrected chi connectivity index (χ1v) is 8.51. The third-order valence-corrected chi connectivity index (χ3v) is 4.24. The molecule has 0 spiro atoms. The van der Waals surface area contributed by atoms with Crippen LogP contribution in [0.2, 0.25) is 0 Å². The van der Waals surface area contributed by atoms with Crippen LogP contribution in [0.4, 0.5) is 5.69 Å². The van der Waals surface area contributed by atoms with Crippen molar-refractivity contribution in [2.75, 3.05) is 17.6 Å². The third kappa shape index (κ3) is 6.09. The Balaban J connectivity index is 2.56. The molecule has 1 amide bonds. The summed E-state index contributed by atoms with van der Waals surface area (Å²) >= 11 is 0. The zero-order chi connectivity index (χ0) is 15.9. The van der Waals surface area contributed by atoms with Gasteiger partial charge in [-0.1, -0.05) is 13.3 Å². The van der Waals surface area contributed by atoms with Gasteiger partial charge in [-0.25, -0.2) is 13.1 Å². The van der Waals surface area contributed by atoms with Gasteiger partial charge in [0.2, 0.25) is 15.9 Å². The molecule has 0 radical (unpaired) electrons. The van der Waals surface area contributed by atoms with Crippen LogP contribution in [0.15, 0.2) is 23.1 Å². The number of pyridine rings is 1. The van der Waals surface area contributed by atoms with E-state index in [1.165, 1.54) is 22.9 Å². The van der Waals surface area contributed by atoms with E-state index in [0.29, 0.717) is 18.7 Å². The summed E-state index contributed by atoms with van der Waals surface area (Å²) in [5, 5.41) is 2.55. The van der Waals surface area contributed by atoms with Gasteiger partial charge < -0.3 is 9.88 Å². The van der Waals surface area contributed by atoms with Crippen LogP contribution in [-0.4, -0.2) is 31.2 Å². The Hall–Kier alpha value is -1.67. The van der Waals surface area contributed by atoms with Gasteiger partial charge in [-0.05, 0) is 19.4 Å². The smallest absolute Gasteiger partial charge is 0.250 e. The highest BCUT2D eigenvalue weighted by atomic mass is 32.2. The monoisotopic (exact) mass is 315 g/mol. The highest BCUT2D eigenvalue weighted by molar-refractivity contribution is 7.89. The Labute approximate surface area is 124 Å². The Bertz CT molecular complexity index is 637. The van der Waals surface area contributed by atoms with Crippen molar-refractivity contribution in [3.8, 4) is 0 Å². The maximum atomic E-state index is 11.7. The van der Waals surface area contributed by atoms with E-state index in [1.807, 2.05) is 13.8 Å². The second-order valence-electron chi connectivity index (χ2n) is 4.58. The van der Waals surface area contributed by atoms with Gasteiger partial charge in [-0.3, -0.25) is 9.59 Å². The van der Waals surface area contributed by atoms with Crippen molar-refractivity contribution in [1.29, 1.82) is 0 Å². The molecular weight excluding hydrogens is 294 g/mol. The summed E-state index contributed by atoms with van der Waals surface area (Å²) in [5.41, 5.74) is 0.296. The van der Waals surface area contributed by atoms with Gasteiger partial charge in [0.05, 0.1) is 18.0 Å². The van der Waals surface area contributed by atoms with Gasteiger partial charge in [-0.15, -0.1) is 0 Å². The fourth-order valence-electron chi connectivity index (χ4n) is 1.64. The standard InChI is InChI=1S/C13H21N3O4S/c1-3-5-8-21(19,20)14-9-12(17)15-11-6-7-13(18)16(4-2)10-11/h6-7,10,14H,3-5,8-9H2,1-2H3,(H,15,17). The average Bonchev–Trinajstić information content (AvgIpc) is 2.45. The third-order valence-electron chi connectivity index (χ3n) is 2.83. The molecule has 0 aliphatic carbocycles. The van der Waals surface area contributed by atoms with E-state index in [2.05, 4.69) is 10.0 Å². The normalized spacial score (nSPS) is 11.3. The summed E-state index contributed by atoms with van der Waals surface area (Å²) in [5.74, 6) is -0.464. The van der Waals surface area contributed by atoms with Crippen molar-refractivity contribution in [1.82, 2.24) is 9.29 Å². The van der Waals surface area contributed by atoms with E-state index in [4.69, 9.17) is 0 Å². The summed E-state index contributed by atoms with van der Waals surface area (Å²) in [6, 6.07) is 2.84. The molecule has 118 valence electrons. The van der Waals surface area contributed by atoms with Crippen LogP contribution in [-0.2, 0) is 21.4 Å². The molecule has 7 nitrogen and oxygen atoms in total. The van der Waals surface area contributed by atoms with E-state index in [9.17, 15) is 18.0 Å². The number of nitrogens with one attached hydrogen (secondary N) is 2. The highest BCUT2D eigenvalue weighted by Crippen LogP contribution is 2.03. The van der Waals surface area contributed by atoms with Crippen molar-refractivity contribution in [3.05, 3.63) is 28.7 Å². The zero-order valence-electron chi connectivity index (χ0n) is 12.3. The lowest BCUT2D eigenvalue weighted by molar-refractivity contribution is -0.115. The predicted octanol–water partition coefficient (Wildman–Crippen LogP) is 0.526. The number of amides is 1. The first-order chi connectivity index (χ1) is 9.88. The number of hydrogen-bond donors (Lipinski definition) is 2. The van der Waals surface area contributed by atoms with Gasteiger partial charge in [-0.2, -0.15) is 0 Å². The fraction of sp³-hybridized carbons (Fsp3) is 0.538. The Kier molecular flexibility index (Phi) is 6.57. The average molecular weight is 315 g/mol. The molecule has 1 aromatic rings. The summed E-state index contributed by atoms with van der Waals surface area (Å²) in [7, 11) is -3.42. The van der Waals surface area contributed by atoms with Crippen LogP contribution >= 0.6 is 0 Å². The minimum atomic E-state index is -3.42. The van der Waals surface area contributed by atoms with Crippen molar-refractivity contribution < 1.29 is 13.2 Å². The van der Waals surface area contributed by atoms with Crippen LogP contribution in [0.3, 0.4) is 0 Å². The van der Waals surface area contributed by atoms with Gasteiger partial charge >= 0.3 is 0 Å². The molecule has 0 aliphatic heterocycles. The van der Waals surface area contributed by atoms with E-state index in [0.717, 1.165) is 6.42 Å². The molecule has 1 heterocycles. The van der Waals surface area contributed by atoms with Crippen LogP contribution in [0, 0.1) is 0 Å². The highest BCUT2D eigenvalue weighted by Gasteiger charge is 2.12. The topological polar surface area (TPSA) is 97.3 Å². The molecule has 0 unspecified atom stereocenters. The Morgan fingerprint density at radius 2 is 2.00 bits per heavy atom. The lowest BCUT2D eigenvalue weighted by Crippen LogP contribution is -2.34. The molecule has 0 saturated carbocycles. The molecule has 0 atom stereocenters.